The maximum atomic E-state index is 13.7. The molecular weight excluding hydrogens is 432 g/mol. The topological polar surface area (TPSA) is 113 Å². The number of primary amides is 1. The predicted molar refractivity (Wildman–Crippen MR) is 125 cm³/mol. The second-order valence-electron chi connectivity index (χ2n) is 8.31. The monoisotopic (exact) mass is 454 g/mol. The molecule has 2 saturated heterocycles. The number of carbonyl (C=O) groups excluding carboxylic acids is 4. The van der Waals surface area contributed by atoms with E-state index >= 15 is 0 Å². The number of nitrogens with one attached hydrogen (secondary N) is 1. The maximum Gasteiger partial charge on any atom is 0.323 e. The van der Waals surface area contributed by atoms with Crippen LogP contribution in [-0.2, 0) is 14.4 Å². The van der Waals surface area contributed by atoms with Crippen molar-refractivity contribution in [2.45, 2.75) is 12.1 Å². The van der Waals surface area contributed by atoms with Gasteiger partial charge < -0.3 is 16.0 Å². The van der Waals surface area contributed by atoms with E-state index in [1.54, 1.807) is 78.9 Å². The average molecular weight is 454 g/mol. The molecule has 4 unspecified atom stereocenters. The van der Waals surface area contributed by atoms with Gasteiger partial charge in [-0.05, 0) is 29.8 Å². The quantitative estimate of drug-likeness (QED) is 0.590. The van der Waals surface area contributed by atoms with Crippen molar-refractivity contribution < 1.29 is 19.2 Å². The van der Waals surface area contributed by atoms with Crippen LogP contribution in [0.3, 0.4) is 0 Å². The third-order valence-corrected chi connectivity index (χ3v) is 6.38. The van der Waals surface area contributed by atoms with Crippen LogP contribution in [0.5, 0.6) is 0 Å². The van der Waals surface area contributed by atoms with Gasteiger partial charge >= 0.3 is 6.03 Å². The molecule has 2 heterocycles. The summed E-state index contributed by atoms with van der Waals surface area (Å²) < 4.78 is 0. The van der Waals surface area contributed by atoms with Crippen LogP contribution in [0, 0.1) is 11.8 Å². The summed E-state index contributed by atoms with van der Waals surface area (Å²) in [6, 6.07) is 23.5. The Morgan fingerprint density at radius 3 is 1.85 bits per heavy atom. The standard InChI is InChI=1S/C26H22N4O4/c27-23(31)22-20-19(24(32)29(25(20)33)18-14-8-3-9-15-18)21(16-10-4-1-5-11-16)30(22)26(34)28-17-12-6-2-7-13-17/h1-15,19-22H,(H2,27,31)(H,28,34). The van der Waals surface area contributed by atoms with Gasteiger partial charge in [0.25, 0.3) is 0 Å². The molecule has 0 bridgehead atoms. The summed E-state index contributed by atoms with van der Waals surface area (Å²) in [7, 11) is 0. The second-order valence-corrected chi connectivity index (χ2v) is 8.31. The van der Waals surface area contributed by atoms with Gasteiger partial charge in [0.05, 0.1) is 23.6 Å². The Kier molecular flexibility index (Phi) is 5.33. The predicted octanol–water partition coefficient (Wildman–Crippen LogP) is 2.94. The van der Waals surface area contributed by atoms with Crippen molar-refractivity contribution in [3.8, 4) is 0 Å². The van der Waals surface area contributed by atoms with Crippen LogP contribution in [0.15, 0.2) is 91.0 Å². The number of anilines is 2. The van der Waals surface area contributed by atoms with Gasteiger partial charge in [-0.2, -0.15) is 0 Å². The van der Waals surface area contributed by atoms with Crippen molar-refractivity contribution in [1.29, 1.82) is 0 Å². The average Bonchev–Trinajstić information content (AvgIpc) is 3.34. The van der Waals surface area contributed by atoms with E-state index in [0.29, 0.717) is 16.9 Å². The zero-order chi connectivity index (χ0) is 23.8. The molecule has 0 radical (unpaired) electrons. The highest BCUT2D eigenvalue weighted by molar-refractivity contribution is 6.24. The molecule has 3 aromatic rings. The van der Waals surface area contributed by atoms with E-state index in [2.05, 4.69) is 5.32 Å². The fourth-order valence-corrected chi connectivity index (χ4v) is 5.02. The number of urea groups is 1. The fraction of sp³-hybridized carbons (Fsp3) is 0.154. The van der Waals surface area contributed by atoms with E-state index < -0.39 is 47.7 Å². The summed E-state index contributed by atoms with van der Waals surface area (Å²) in [5.41, 5.74) is 7.34. The summed E-state index contributed by atoms with van der Waals surface area (Å²) in [5.74, 6) is -3.88. The Hall–Kier alpha value is -4.46. The summed E-state index contributed by atoms with van der Waals surface area (Å²) in [5, 5.41) is 2.77. The Labute approximate surface area is 196 Å². The van der Waals surface area contributed by atoms with Crippen LogP contribution >= 0.6 is 0 Å². The van der Waals surface area contributed by atoms with Crippen LogP contribution in [0.1, 0.15) is 11.6 Å². The Morgan fingerprint density at radius 2 is 1.26 bits per heavy atom. The molecule has 2 fully saturated rings. The van der Waals surface area contributed by atoms with Crippen molar-refractivity contribution in [3.05, 3.63) is 96.6 Å². The highest BCUT2D eigenvalue weighted by atomic mass is 16.2. The van der Waals surface area contributed by atoms with Gasteiger partial charge in [0, 0.05) is 5.69 Å². The molecular formula is C26H22N4O4. The molecule has 34 heavy (non-hydrogen) atoms. The first-order valence-electron chi connectivity index (χ1n) is 10.9. The lowest BCUT2D eigenvalue weighted by molar-refractivity contribution is -0.129. The summed E-state index contributed by atoms with van der Waals surface area (Å²) in [4.78, 5) is 55.8. The number of nitrogens with zero attached hydrogens (tertiary/aromatic N) is 2. The largest absolute Gasteiger partial charge is 0.368 e. The van der Waals surface area contributed by atoms with E-state index in [9.17, 15) is 19.2 Å². The van der Waals surface area contributed by atoms with Crippen LogP contribution in [0.4, 0.5) is 16.2 Å². The fourth-order valence-electron chi connectivity index (χ4n) is 5.02. The minimum atomic E-state index is -1.29. The minimum Gasteiger partial charge on any atom is -0.368 e. The molecule has 170 valence electrons. The molecule has 3 aromatic carbocycles. The molecule has 8 heteroatoms. The number of hydrogen-bond acceptors (Lipinski definition) is 4. The van der Waals surface area contributed by atoms with E-state index in [1.165, 1.54) is 4.90 Å². The van der Waals surface area contributed by atoms with Gasteiger partial charge in [-0.25, -0.2) is 9.69 Å². The molecule has 8 nitrogen and oxygen atoms in total. The van der Waals surface area contributed by atoms with E-state index in [0.717, 1.165) is 4.90 Å². The second kappa shape index (κ2) is 8.47. The van der Waals surface area contributed by atoms with Crippen molar-refractivity contribution >= 4 is 35.1 Å². The highest BCUT2D eigenvalue weighted by Crippen LogP contribution is 2.50. The van der Waals surface area contributed by atoms with Crippen molar-refractivity contribution in [1.82, 2.24) is 4.90 Å². The van der Waals surface area contributed by atoms with Crippen molar-refractivity contribution in [2.24, 2.45) is 17.6 Å². The number of hydrogen-bond donors (Lipinski definition) is 2. The number of fused-ring (bicyclic) bond motifs is 1. The van der Waals surface area contributed by atoms with Crippen LogP contribution in [0.2, 0.25) is 0 Å². The molecule has 0 spiro atoms. The maximum absolute atomic E-state index is 13.7. The lowest BCUT2D eigenvalue weighted by atomic mass is 9.86. The van der Waals surface area contributed by atoms with Gasteiger partial charge in [0.15, 0.2) is 0 Å². The molecule has 2 aliphatic rings. The van der Waals surface area contributed by atoms with Gasteiger partial charge in [-0.1, -0.05) is 66.7 Å². The third kappa shape index (κ3) is 3.40. The number of rotatable bonds is 4. The molecule has 5 rings (SSSR count). The number of benzene rings is 3. The zero-order valence-electron chi connectivity index (χ0n) is 18.1. The van der Waals surface area contributed by atoms with Gasteiger partial charge in [0.1, 0.15) is 6.04 Å². The third-order valence-electron chi connectivity index (χ3n) is 6.38. The first-order valence-corrected chi connectivity index (χ1v) is 10.9. The van der Waals surface area contributed by atoms with Crippen LogP contribution < -0.4 is 16.0 Å². The molecule has 0 aromatic heterocycles. The van der Waals surface area contributed by atoms with Crippen LogP contribution in [-0.4, -0.2) is 34.7 Å². The molecule has 4 atom stereocenters. The summed E-state index contributed by atoms with van der Waals surface area (Å²) >= 11 is 0. The lowest BCUT2D eigenvalue weighted by Crippen LogP contribution is -2.51. The molecule has 2 aliphatic heterocycles. The normalized spacial score (nSPS) is 23.6. The number of likely N-dealkylation sites (tertiary alicyclic amines) is 1. The lowest BCUT2D eigenvalue weighted by Gasteiger charge is -2.32. The number of para-hydroxylation sites is 2. The van der Waals surface area contributed by atoms with Gasteiger partial charge in [0.2, 0.25) is 17.7 Å². The zero-order valence-corrected chi connectivity index (χ0v) is 18.1. The van der Waals surface area contributed by atoms with E-state index in [4.69, 9.17) is 5.73 Å². The number of amides is 5. The summed E-state index contributed by atoms with van der Waals surface area (Å²) in [6.07, 6.45) is 0. The van der Waals surface area contributed by atoms with E-state index in [1.807, 2.05) is 12.1 Å². The van der Waals surface area contributed by atoms with Crippen LogP contribution in [0.25, 0.3) is 0 Å². The number of nitrogens with two attached hydrogens (primary N) is 1. The minimum absolute atomic E-state index is 0.419. The Morgan fingerprint density at radius 1 is 0.735 bits per heavy atom. The van der Waals surface area contributed by atoms with E-state index in [-0.39, 0.29) is 0 Å². The van der Waals surface area contributed by atoms with Crippen molar-refractivity contribution in [3.63, 3.8) is 0 Å². The molecule has 0 aliphatic carbocycles. The summed E-state index contributed by atoms with van der Waals surface area (Å²) in [6.45, 7) is 0. The number of imide groups is 1. The first kappa shape index (κ1) is 21.4. The molecule has 0 saturated carbocycles. The highest BCUT2D eigenvalue weighted by Gasteiger charge is 2.65. The Bertz CT molecular complexity index is 1250. The SMILES string of the molecule is NC(=O)C1C2C(=O)N(c3ccccc3)C(=O)C2C(c2ccccc2)N1C(=O)Nc1ccccc1. The first-order chi connectivity index (χ1) is 16.5. The van der Waals surface area contributed by atoms with Gasteiger partial charge in [-0.15, -0.1) is 0 Å². The van der Waals surface area contributed by atoms with Gasteiger partial charge in [-0.3, -0.25) is 14.4 Å². The molecule has 5 amide bonds. The van der Waals surface area contributed by atoms with Crippen molar-refractivity contribution in [2.75, 3.05) is 10.2 Å². The Balaban J connectivity index is 1.61. The smallest absolute Gasteiger partial charge is 0.323 e. The number of carbonyl (C=O) groups is 4. The molecule has 3 N–H and O–H groups in total.